The molecule has 1 N–H and O–H groups in total. The molecule has 2 aliphatic heterocycles. The van der Waals surface area contributed by atoms with Crippen molar-refractivity contribution in [2.75, 3.05) is 31.5 Å². The Bertz CT molecular complexity index is 1460. The van der Waals surface area contributed by atoms with E-state index < -0.39 is 0 Å². The second-order valence-corrected chi connectivity index (χ2v) is 9.69. The minimum atomic E-state index is -0.382. The molecule has 6 rings (SSSR count). The summed E-state index contributed by atoms with van der Waals surface area (Å²) in [6, 6.07) is 33.5. The largest absolute Gasteiger partial charge is 0.454 e. The molecule has 4 aromatic rings. The maximum Gasteiger partial charge on any atom is 0.246 e. The Morgan fingerprint density at radius 3 is 2.21 bits per heavy atom. The zero-order chi connectivity index (χ0) is 25.9. The quantitative estimate of drug-likeness (QED) is 0.362. The summed E-state index contributed by atoms with van der Waals surface area (Å²) < 4.78 is 6.23. The van der Waals surface area contributed by atoms with Gasteiger partial charge in [0.1, 0.15) is 23.3 Å². The molecule has 0 aliphatic carbocycles. The Morgan fingerprint density at radius 2 is 1.45 bits per heavy atom. The number of carbonyl (C=O) groups is 1. The number of carbonyl (C=O) groups excluding carboxylic acids is 1. The number of amidine groups is 1. The van der Waals surface area contributed by atoms with Crippen LogP contribution in [0.25, 0.3) is 0 Å². The van der Waals surface area contributed by atoms with E-state index in [-0.39, 0.29) is 11.9 Å². The van der Waals surface area contributed by atoms with Crippen molar-refractivity contribution < 1.29 is 9.53 Å². The van der Waals surface area contributed by atoms with Crippen LogP contribution in [-0.4, -0.2) is 47.7 Å². The maximum absolute atomic E-state index is 13.6. The van der Waals surface area contributed by atoms with E-state index >= 15 is 0 Å². The topological polar surface area (TPSA) is 57.2 Å². The molecule has 1 fully saturated rings. The summed E-state index contributed by atoms with van der Waals surface area (Å²) in [5.74, 6) is 2.45. The van der Waals surface area contributed by atoms with Gasteiger partial charge in [0, 0.05) is 31.9 Å². The van der Waals surface area contributed by atoms with Crippen LogP contribution >= 0.6 is 0 Å². The van der Waals surface area contributed by atoms with Gasteiger partial charge in [-0.3, -0.25) is 9.69 Å². The Labute approximate surface area is 223 Å². The molecule has 0 aromatic heterocycles. The molecule has 6 nitrogen and oxygen atoms in total. The van der Waals surface area contributed by atoms with Gasteiger partial charge in [0.05, 0.1) is 5.56 Å². The van der Waals surface area contributed by atoms with E-state index in [2.05, 4.69) is 21.2 Å². The van der Waals surface area contributed by atoms with E-state index in [4.69, 9.17) is 9.73 Å². The Balaban J connectivity index is 1.25. The summed E-state index contributed by atoms with van der Waals surface area (Å²) in [4.78, 5) is 23.2. The molecule has 1 unspecified atom stereocenters. The molecular weight excluding hydrogens is 472 g/mol. The summed E-state index contributed by atoms with van der Waals surface area (Å²) in [5, 5.41) is 3.14. The summed E-state index contributed by atoms with van der Waals surface area (Å²) >= 11 is 0. The number of amides is 1. The van der Waals surface area contributed by atoms with E-state index in [1.807, 2.05) is 104 Å². The predicted octanol–water partition coefficient (Wildman–Crippen LogP) is 6.18. The highest BCUT2D eigenvalue weighted by Gasteiger charge is 2.32. The van der Waals surface area contributed by atoms with E-state index in [0.29, 0.717) is 0 Å². The number of aryl methyl sites for hydroxylation is 1. The highest BCUT2D eigenvalue weighted by atomic mass is 16.5. The second-order valence-electron chi connectivity index (χ2n) is 9.69. The van der Waals surface area contributed by atoms with Gasteiger partial charge in [0.15, 0.2) is 5.75 Å². The monoisotopic (exact) mass is 502 g/mol. The number of hydrogen-bond acceptors (Lipinski definition) is 5. The third-order valence-electron chi connectivity index (χ3n) is 7.10. The van der Waals surface area contributed by atoms with Crippen molar-refractivity contribution in [1.82, 2.24) is 9.80 Å². The van der Waals surface area contributed by atoms with Crippen LogP contribution in [0.5, 0.6) is 11.5 Å². The molecule has 0 saturated carbocycles. The molecular formula is C32H30N4O2. The van der Waals surface area contributed by atoms with Gasteiger partial charge in [-0.15, -0.1) is 0 Å². The van der Waals surface area contributed by atoms with Gasteiger partial charge in [-0.25, -0.2) is 4.99 Å². The molecule has 1 atom stereocenters. The number of aliphatic imine (C=N–C) groups is 1. The second kappa shape index (κ2) is 10.5. The van der Waals surface area contributed by atoms with Gasteiger partial charge in [0.25, 0.3) is 0 Å². The zero-order valence-electron chi connectivity index (χ0n) is 21.4. The number of hydrogen-bond donors (Lipinski definition) is 1. The SMILES string of the molecule is Cc1ccc(NC(=O)C(c2ccccc2)N2CCN(C3=Nc4ccccc4Oc4ccccc43)CC2)cc1. The average Bonchev–Trinajstić information content (AvgIpc) is 3.12. The first-order valence-corrected chi connectivity index (χ1v) is 13.0. The van der Waals surface area contributed by atoms with Gasteiger partial charge < -0.3 is 15.0 Å². The van der Waals surface area contributed by atoms with Crippen molar-refractivity contribution in [2.24, 2.45) is 4.99 Å². The number of benzene rings is 4. The van der Waals surface area contributed by atoms with Crippen LogP contribution < -0.4 is 10.1 Å². The van der Waals surface area contributed by atoms with Crippen LogP contribution in [0.2, 0.25) is 0 Å². The summed E-state index contributed by atoms with van der Waals surface area (Å²) in [7, 11) is 0. The fourth-order valence-corrected chi connectivity index (χ4v) is 5.11. The predicted molar refractivity (Wildman–Crippen MR) is 151 cm³/mol. The number of para-hydroxylation sites is 3. The van der Waals surface area contributed by atoms with Crippen LogP contribution in [0.1, 0.15) is 22.7 Å². The number of rotatable bonds is 4. The van der Waals surface area contributed by atoms with Crippen molar-refractivity contribution in [3.63, 3.8) is 0 Å². The first-order valence-electron chi connectivity index (χ1n) is 13.0. The van der Waals surface area contributed by atoms with Crippen molar-refractivity contribution >= 4 is 23.1 Å². The lowest BCUT2D eigenvalue weighted by molar-refractivity contribution is -0.122. The minimum absolute atomic E-state index is 0.0204. The lowest BCUT2D eigenvalue weighted by atomic mass is 10.0. The fourth-order valence-electron chi connectivity index (χ4n) is 5.11. The summed E-state index contributed by atoms with van der Waals surface area (Å²) in [6.07, 6.45) is 0. The van der Waals surface area contributed by atoms with E-state index in [1.54, 1.807) is 0 Å². The lowest BCUT2D eigenvalue weighted by Gasteiger charge is -2.40. The van der Waals surface area contributed by atoms with Crippen molar-refractivity contribution in [2.45, 2.75) is 13.0 Å². The number of piperazine rings is 1. The van der Waals surface area contributed by atoms with Crippen LogP contribution in [0.3, 0.4) is 0 Å². The molecule has 1 amide bonds. The highest BCUT2D eigenvalue weighted by Crippen LogP contribution is 2.38. The van der Waals surface area contributed by atoms with Gasteiger partial charge in [-0.1, -0.05) is 72.3 Å². The van der Waals surface area contributed by atoms with Gasteiger partial charge >= 0.3 is 0 Å². The molecule has 0 spiro atoms. The summed E-state index contributed by atoms with van der Waals surface area (Å²) in [6.45, 7) is 4.99. The number of nitrogens with zero attached hydrogens (tertiary/aromatic N) is 3. The number of fused-ring (bicyclic) bond motifs is 2. The number of anilines is 1. The first-order chi connectivity index (χ1) is 18.7. The third-order valence-corrected chi connectivity index (χ3v) is 7.10. The minimum Gasteiger partial charge on any atom is -0.454 e. The molecule has 190 valence electrons. The smallest absolute Gasteiger partial charge is 0.246 e. The van der Waals surface area contributed by atoms with E-state index in [0.717, 1.165) is 71.6 Å². The Kier molecular flexibility index (Phi) is 6.63. The lowest BCUT2D eigenvalue weighted by Crippen LogP contribution is -2.51. The standard InChI is InChI=1S/C32H30N4O2/c1-23-15-17-25(18-16-23)33-32(37)30(24-9-3-2-4-10-24)35-19-21-36(22-20-35)31-26-11-5-7-13-28(26)38-29-14-8-6-12-27(29)34-31/h2-18,30H,19-22H2,1H3,(H,33,37). The van der Waals surface area contributed by atoms with Crippen LogP contribution in [0, 0.1) is 6.92 Å². The molecule has 6 heteroatoms. The Morgan fingerprint density at radius 1 is 0.789 bits per heavy atom. The summed E-state index contributed by atoms with van der Waals surface area (Å²) in [5.41, 5.74) is 4.76. The van der Waals surface area contributed by atoms with Crippen molar-refractivity contribution in [3.8, 4) is 11.5 Å². The average molecular weight is 503 g/mol. The molecule has 1 saturated heterocycles. The fraction of sp³-hybridized carbons (Fsp3) is 0.188. The highest BCUT2D eigenvalue weighted by molar-refractivity contribution is 6.03. The van der Waals surface area contributed by atoms with Gasteiger partial charge in [-0.2, -0.15) is 0 Å². The first kappa shape index (κ1) is 23.9. The number of ether oxygens (including phenoxy) is 1. The van der Waals surface area contributed by atoms with Gasteiger partial charge in [-0.05, 0) is 48.9 Å². The molecule has 2 aliphatic rings. The molecule has 0 radical (unpaired) electrons. The van der Waals surface area contributed by atoms with Crippen LogP contribution in [-0.2, 0) is 4.79 Å². The molecule has 2 heterocycles. The van der Waals surface area contributed by atoms with E-state index in [9.17, 15) is 4.79 Å². The Hall–Kier alpha value is -4.42. The maximum atomic E-state index is 13.6. The van der Waals surface area contributed by atoms with Crippen LogP contribution in [0.15, 0.2) is 108 Å². The number of nitrogens with one attached hydrogen (secondary N) is 1. The zero-order valence-corrected chi connectivity index (χ0v) is 21.4. The van der Waals surface area contributed by atoms with Crippen LogP contribution in [0.4, 0.5) is 11.4 Å². The molecule has 0 bridgehead atoms. The third kappa shape index (κ3) is 4.91. The van der Waals surface area contributed by atoms with Crippen molar-refractivity contribution in [1.29, 1.82) is 0 Å². The molecule has 38 heavy (non-hydrogen) atoms. The molecule has 4 aromatic carbocycles. The van der Waals surface area contributed by atoms with E-state index in [1.165, 1.54) is 0 Å². The van der Waals surface area contributed by atoms with Gasteiger partial charge in [0.2, 0.25) is 5.91 Å². The normalized spacial score (nSPS) is 15.8. The van der Waals surface area contributed by atoms with Crippen molar-refractivity contribution in [3.05, 3.63) is 120 Å².